The molecule has 0 aliphatic carbocycles. The summed E-state index contributed by atoms with van der Waals surface area (Å²) in [6.07, 6.45) is -1.26. The van der Waals surface area contributed by atoms with E-state index in [1.165, 1.54) is 12.1 Å². The lowest BCUT2D eigenvalue weighted by Gasteiger charge is -2.32. The van der Waals surface area contributed by atoms with Gasteiger partial charge in [0.05, 0.1) is 11.7 Å². The molecule has 0 radical (unpaired) electrons. The number of aryl methyl sites for hydroxylation is 1. The quantitative estimate of drug-likeness (QED) is 0.887. The fourth-order valence-corrected chi connectivity index (χ4v) is 2.32. The Morgan fingerprint density at radius 2 is 1.60 bits per heavy atom. The molecular weight excluding hydrogens is 258 g/mol. The van der Waals surface area contributed by atoms with Crippen molar-refractivity contribution in [2.24, 2.45) is 0 Å². The Morgan fingerprint density at radius 1 is 1.00 bits per heavy atom. The van der Waals surface area contributed by atoms with E-state index < -0.39 is 23.2 Å². The third-order valence-corrected chi connectivity index (χ3v) is 3.79. The van der Waals surface area contributed by atoms with Crippen LogP contribution in [0, 0.1) is 18.6 Å². The average molecular weight is 276 g/mol. The van der Waals surface area contributed by atoms with E-state index in [4.69, 9.17) is 0 Å². The van der Waals surface area contributed by atoms with Crippen LogP contribution in [0.4, 0.5) is 8.78 Å². The summed E-state index contributed by atoms with van der Waals surface area (Å²) in [6, 6.07) is 11.8. The number of halogens is 2. The van der Waals surface area contributed by atoms with Gasteiger partial charge in [-0.2, -0.15) is 0 Å². The highest BCUT2D eigenvalue weighted by atomic mass is 19.1. The molecule has 1 unspecified atom stereocenters. The molecule has 3 heteroatoms. The molecule has 0 aromatic heterocycles. The standard InChI is InChI=1S/C17H18F2O/c1-11-9-10-13(18)14(15(11)19)16(20)17(2,3)12-7-5-4-6-8-12/h4-10,16,20H,1-3H3. The Kier molecular flexibility index (Phi) is 3.91. The zero-order valence-electron chi connectivity index (χ0n) is 11.8. The molecule has 0 fully saturated rings. The van der Waals surface area contributed by atoms with Crippen molar-refractivity contribution in [2.45, 2.75) is 32.3 Å². The first-order valence-electron chi connectivity index (χ1n) is 6.53. The van der Waals surface area contributed by atoms with Crippen molar-refractivity contribution < 1.29 is 13.9 Å². The summed E-state index contributed by atoms with van der Waals surface area (Å²) in [7, 11) is 0. The van der Waals surface area contributed by atoms with Crippen molar-refractivity contribution >= 4 is 0 Å². The van der Waals surface area contributed by atoms with Crippen molar-refractivity contribution in [1.82, 2.24) is 0 Å². The Hall–Kier alpha value is -1.74. The summed E-state index contributed by atoms with van der Waals surface area (Å²) in [5, 5.41) is 10.5. The van der Waals surface area contributed by atoms with E-state index in [1.54, 1.807) is 20.8 Å². The molecule has 0 amide bonds. The molecule has 0 bridgehead atoms. The van der Waals surface area contributed by atoms with Crippen LogP contribution in [0.15, 0.2) is 42.5 Å². The summed E-state index contributed by atoms with van der Waals surface area (Å²) in [5.74, 6) is -1.40. The largest absolute Gasteiger partial charge is 0.387 e. The Balaban J connectivity index is 2.51. The summed E-state index contributed by atoms with van der Waals surface area (Å²) >= 11 is 0. The monoisotopic (exact) mass is 276 g/mol. The van der Waals surface area contributed by atoms with E-state index in [9.17, 15) is 13.9 Å². The highest BCUT2D eigenvalue weighted by Crippen LogP contribution is 2.39. The van der Waals surface area contributed by atoms with Gasteiger partial charge in [0, 0.05) is 5.41 Å². The number of hydrogen-bond donors (Lipinski definition) is 1. The van der Waals surface area contributed by atoms with Crippen LogP contribution in [-0.2, 0) is 5.41 Å². The smallest absolute Gasteiger partial charge is 0.134 e. The van der Waals surface area contributed by atoms with E-state index in [1.807, 2.05) is 30.3 Å². The second-order valence-corrected chi connectivity index (χ2v) is 5.58. The molecule has 1 N–H and O–H groups in total. The minimum atomic E-state index is -1.26. The lowest BCUT2D eigenvalue weighted by atomic mass is 9.76. The predicted molar refractivity (Wildman–Crippen MR) is 75.5 cm³/mol. The van der Waals surface area contributed by atoms with Crippen molar-refractivity contribution in [1.29, 1.82) is 0 Å². The highest BCUT2D eigenvalue weighted by Gasteiger charge is 2.34. The van der Waals surface area contributed by atoms with Gasteiger partial charge in [0.1, 0.15) is 11.6 Å². The number of benzene rings is 2. The van der Waals surface area contributed by atoms with Gasteiger partial charge >= 0.3 is 0 Å². The highest BCUT2D eigenvalue weighted by molar-refractivity contribution is 5.34. The molecule has 1 atom stereocenters. The van der Waals surface area contributed by atoms with E-state index in [2.05, 4.69) is 0 Å². The van der Waals surface area contributed by atoms with Gasteiger partial charge in [0.15, 0.2) is 0 Å². The average Bonchev–Trinajstić information content (AvgIpc) is 2.44. The maximum Gasteiger partial charge on any atom is 0.134 e. The van der Waals surface area contributed by atoms with Gasteiger partial charge in [-0.3, -0.25) is 0 Å². The molecule has 0 aliphatic rings. The lowest BCUT2D eigenvalue weighted by Crippen LogP contribution is -2.28. The van der Waals surface area contributed by atoms with Gasteiger partial charge in [-0.05, 0) is 24.1 Å². The van der Waals surface area contributed by atoms with Gasteiger partial charge in [-0.1, -0.05) is 50.2 Å². The molecule has 106 valence electrons. The van der Waals surface area contributed by atoms with Gasteiger partial charge in [0.25, 0.3) is 0 Å². The van der Waals surface area contributed by atoms with E-state index in [0.29, 0.717) is 5.56 Å². The molecular formula is C17H18F2O. The van der Waals surface area contributed by atoms with Gasteiger partial charge in [-0.15, -0.1) is 0 Å². The summed E-state index contributed by atoms with van der Waals surface area (Å²) < 4.78 is 28.1. The van der Waals surface area contributed by atoms with Crippen molar-refractivity contribution in [3.63, 3.8) is 0 Å². The van der Waals surface area contributed by atoms with Gasteiger partial charge in [0.2, 0.25) is 0 Å². The van der Waals surface area contributed by atoms with Crippen LogP contribution in [-0.4, -0.2) is 5.11 Å². The van der Waals surface area contributed by atoms with Crippen LogP contribution < -0.4 is 0 Å². The maximum atomic E-state index is 14.2. The third kappa shape index (κ3) is 2.46. The second kappa shape index (κ2) is 5.33. The zero-order valence-corrected chi connectivity index (χ0v) is 11.8. The van der Waals surface area contributed by atoms with Crippen LogP contribution in [0.5, 0.6) is 0 Å². The van der Waals surface area contributed by atoms with Crippen molar-refractivity contribution in [3.05, 3.63) is 70.8 Å². The molecule has 0 saturated heterocycles. The van der Waals surface area contributed by atoms with Crippen LogP contribution >= 0.6 is 0 Å². The van der Waals surface area contributed by atoms with Crippen LogP contribution in [0.3, 0.4) is 0 Å². The van der Waals surface area contributed by atoms with E-state index >= 15 is 0 Å². The minimum Gasteiger partial charge on any atom is -0.387 e. The molecule has 2 aromatic rings. The predicted octanol–water partition coefficient (Wildman–Crippen LogP) is 4.28. The molecule has 0 heterocycles. The summed E-state index contributed by atoms with van der Waals surface area (Å²) in [6.45, 7) is 5.10. The number of aliphatic hydroxyl groups is 1. The summed E-state index contributed by atoms with van der Waals surface area (Å²) in [4.78, 5) is 0. The Labute approximate surface area is 117 Å². The third-order valence-electron chi connectivity index (χ3n) is 3.79. The number of rotatable bonds is 3. The minimum absolute atomic E-state index is 0.265. The first-order valence-corrected chi connectivity index (χ1v) is 6.53. The van der Waals surface area contributed by atoms with Crippen molar-refractivity contribution in [3.8, 4) is 0 Å². The van der Waals surface area contributed by atoms with E-state index in [-0.39, 0.29) is 5.56 Å². The van der Waals surface area contributed by atoms with E-state index in [0.717, 1.165) is 5.56 Å². The SMILES string of the molecule is Cc1ccc(F)c(C(O)C(C)(C)c2ccccc2)c1F. The van der Waals surface area contributed by atoms with Crippen LogP contribution in [0.25, 0.3) is 0 Å². The molecule has 0 saturated carbocycles. The maximum absolute atomic E-state index is 14.2. The Bertz CT molecular complexity index is 606. The molecule has 1 nitrogen and oxygen atoms in total. The van der Waals surface area contributed by atoms with Gasteiger partial charge in [-0.25, -0.2) is 8.78 Å². The van der Waals surface area contributed by atoms with Crippen LogP contribution in [0.2, 0.25) is 0 Å². The molecule has 20 heavy (non-hydrogen) atoms. The first-order chi connectivity index (χ1) is 9.35. The zero-order chi connectivity index (χ0) is 14.9. The molecule has 2 rings (SSSR count). The molecule has 0 spiro atoms. The fraction of sp³-hybridized carbons (Fsp3) is 0.294. The summed E-state index contributed by atoms with van der Waals surface area (Å²) in [5.41, 5.74) is 0.0903. The molecule has 0 aliphatic heterocycles. The van der Waals surface area contributed by atoms with Crippen LogP contribution in [0.1, 0.15) is 36.6 Å². The molecule has 2 aromatic carbocycles. The number of hydrogen-bond acceptors (Lipinski definition) is 1. The topological polar surface area (TPSA) is 20.2 Å². The van der Waals surface area contributed by atoms with Crippen molar-refractivity contribution in [2.75, 3.05) is 0 Å². The number of aliphatic hydroxyl groups excluding tert-OH is 1. The fourth-order valence-electron chi connectivity index (χ4n) is 2.32. The van der Waals surface area contributed by atoms with Gasteiger partial charge < -0.3 is 5.11 Å². The Morgan fingerprint density at radius 3 is 2.20 bits per heavy atom. The lowest BCUT2D eigenvalue weighted by molar-refractivity contribution is 0.0925. The second-order valence-electron chi connectivity index (χ2n) is 5.58. The normalized spacial score (nSPS) is 13.3. The first kappa shape index (κ1) is 14.7.